The van der Waals surface area contributed by atoms with Crippen molar-refractivity contribution in [2.75, 3.05) is 36.0 Å². The maximum absolute atomic E-state index is 13.8. The van der Waals surface area contributed by atoms with E-state index in [1.807, 2.05) is 4.90 Å². The SMILES string of the molecule is Fc1ccc(N2CCN(c3ncccn3)CC2)c(F)c1F. The van der Waals surface area contributed by atoms with E-state index >= 15 is 0 Å². The summed E-state index contributed by atoms with van der Waals surface area (Å²) in [5.74, 6) is -3.13. The molecule has 0 spiro atoms. The molecule has 21 heavy (non-hydrogen) atoms. The molecule has 1 aromatic carbocycles. The summed E-state index contributed by atoms with van der Waals surface area (Å²) in [7, 11) is 0. The van der Waals surface area contributed by atoms with Crippen LogP contribution in [0.3, 0.4) is 0 Å². The molecule has 0 aliphatic carbocycles. The van der Waals surface area contributed by atoms with Gasteiger partial charge in [-0.2, -0.15) is 0 Å². The summed E-state index contributed by atoms with van der Waals surface area (Å²) in [6.45, 7) is 2.14. The zero-order chi connectivity index (χ0) is 14.8. The van der Waals surface area contributed by atoms with E-state index in [-0.39, 0.29) is 5.69 Å². The number of rotatable bonds is 2. The Morgan fingerprint density at radius 2 is 1.43 bits per heavy atom. The van der Waals surface area contributed by atoms with E-state index in [9.17, 15) is 13.2 Å². The van der Waals surface area contributed by atoms with Crippen LogP contribution in [0.5, 0.6) is 0 Å². The Labute approximate surface area is 119 Å². The number of piperazine rings is 1. The molecule has 3 rings (SSSR count). The molecule has 1 fully saturated rings. The quantitative estimate of drug-likeness (QED) is 0.795. The van der Waals surface area contributed by atoms with Gasteiger partial charge >= 0.3 is 0 Å². The predicted molar refractivity (Wildman–Crippen MR) is 72.8 cm³/mol. The lowest BCUT2D eigenvalue weighted by molar-refractivity contribution is 0.445. The molecule has 2 aromatic rings. The van der Waals surface area contributed by atoms with E-state index in [0.717, 1.165) is 6.07 Å². The monoisotopic (exact) mass is 294 g/mol. The molecule has 0 atom stereocenters. The van der Waals surface area contributed by atoms with E-state index in [0.29, 0.717) is 32.1 Å². The molecule has 0 amide bonds. The molecule has 0 N–H and O–H groups in total. The molecule has 2 heterocycles. The van der Waals surface area contributed by atoms with E-state index < -0.39 is 17.5 Å². The van der Waals surface area contributed by atoms with Gasteiger partial charge in [-0.15, -0.1) is 0 Å². The molecule has 0 unspecified atom stereocenters. The summed E-state index contributed by atoms with van der Waals surface area (Å²) in [4.78, 5) is 12.0. The molecular weight excluding hydrogens is 281 g/mol. The van der Waals surface area contributed by atoms with Gasteiger partial charge in [-0.3, -0.25) is 0 Å². The van der Waals surface area contributed by atoms with Crippen LogP contribution >= 0.6 is 0 Å². The molecule has 1 aliphatic rings. The van der Waals surface area contributed by atoms with E-state index in [1.54, 1.807) is 23.4 Å². The number of nitrogens with zero attached hydrogens (tertiary/aromatic N) is 4. The number of aromatic nitrogens is 2. The summed E-state index contributed by atoms with van der Waals surface area (Å²) < 4.78 is 40.0. The zero-order valence-corrected chi connectivity index (χ0v) is 11.1. The van der Waals surface area contributed by atoms with E-state index in [1.165, 1.54) is 6.07 Å². The van der Waals surface area contributed by atoms with Gasteiger partial charge in [-0.25, -0.2) is 23.1 Å². The lowest BCUT2D eigenvalue weighted by Gasteiger charge is -2.36. The van der Waals surface area contributed by atoms with Crippen molar-refractivity contribution in [3.05, 3.63) is 48.0 Å². The van der Waals surface area contributed by atoms with Crippen LogP contribution in [-0.4, -0.2) is 36.1 Å². The molecule has 1 aromatic heterocycles. The number of anilines is 2. The molecule has 0 radical (unpaired) electrons. The highest BCUT2D eigenvalue weighted by atomic mass is 19.2. The van der Waals surface area contributed by atoms with Gasteiger partial charge in [-0.05, 0) is 18.2 Å². The molecule has 110 valence electrons. The predicted octanol–water partition coefficient (Wildman–Crippen LogP) is 2.22. The average Bonchev–Trinajstić information content (AvgIpc) is 2.54. The lowest BCUT2D eigenvalue weighted by atomic mass is 10.2. The maximum Gasteiger partial charge on any atom is 0.225 e. The summed E-state index contributed by atoms with van der Waals surface area (Å²) >= 11 is 0. The van der Waals surface area contributed by atoms with Gasteiger partial charge in [0.1, 0.15) is 0 Å². The fourth-order valence-corrected chi connectivity index (χ4v) is 2.36. The second kappa shape index (κ2) is 5.59. The average molecular weight is 294 g/mol. The first-order valence-corrected chi connectivity index (χ1v) is 6.57. The first kappa shape index (κ1) is 13.7. The van der Waals surface area contributed by atoms with Crippen molar-refractivity contribution in [1.29, 1.82) is 0 Å². The van der Waals surface area contributed by atoms with Crippen LogP contribution in [0, 0.1) is 17.5 Å². The topological polar surface area (TPSA) is 32.3 Å². The van der Waals surface area contributed by atoms with Gasteiger partial charge in [0, 0.05) is 38.6 Å². The minimum absolute atomic E-state index is 0.0857. The third-order valence-electron chi connectivity index (χ3n) is 3.47. The molecule has 7 heteroatoms. The molecule has 1 aliphatic heterocycles. The third kappa shape index (κ3) is 2.63. The smallest absolute Gasteiger partial charge is 0.225 e. The zero-order valence-electron chi connectivity index (χ0n) is 11.1. The van der Waals surface area contributed by atoms with Crippen LogP contribution in [0.25, 0.3) is 0 Å². The highest BCUT2D eigenvalue weighted by Gasteiger charge is 2.23. The minimum Gasteiger partial charge on any atom is -0.366 e. The summed E-state index contributed by atoms with van der Waals surface area (Å²) in [6.07, 6.45) is 3.31. The summed E-state index contributed by atoms with van der Waals surface area (Å²) in [5, 5.41) is 0. The highest BCUT2D eigenvalue weighted by molar-refractivity contribution is 5.50. The van der Waals surface area contributed by atoms with Crippen molar-refractivity contribution in [2.45, 2.75) is 0 Å². The van der Waals surface area contributed by atoms with Crippen molar-refractivity contribution in [2.24, 2.45) is 0 Å². The van der Waals surface area contributed by atoms with Crippen LogP contribution in [0.1, 0.15) is 0 Å². The van der Waals surface area contributed by atoms with Crippen LogP contribution in [0.2, 0.25) is 0 Å². The molecule has 1 saturated heterocycles. The van der Waals surface area contributed by atoms with E-state index in [4.69, 9.17) is 0 Å². The fourth-order valence-electron chi connectivity index (χ4n) is 2.36. The van der Waals surface area contributed by atoms with Gasteiger partial charge in [0.05, 0.1) is 5.69 Å². The standard InChI is InChI=1S/C14H13F3N4/c15-10-2-3-11(13(17)12(10)16)20-6-8-21(9-7-20)14-18-4-1-5-19-14/h1-5H,6-9H2. The Hall–Kier alpha value is -2.31. The fraction of sp³-hybridized carbons (Fsp3) is 0.286. The third-order valence-corrected chi connectivity index (χ3v) is 3.47. The Balaban J connectivity index is 1.73. The Morgan fingerprint density at radius 1 is 0.810 bits per heavy atom. The molecule has 0 bridgehead atoms. The van der Waals surface area contributed by atoms with Crippen LogP contribution in [-0.2, 0) is 0 Å². The number of benzene rings is 1. The Kier molecular flexibility index (Phi) is 3.64. The van der Waals surface area contributed by atoms with Gasteiger partial charge in [0.2, 0.25) is 5.95 Å². The van der Waals surface area contributed by atoms with Gasteiger partial charge < -0.3 is 9.80 Å². The first-order chi connectivity index (χ1) is 10.2. The van der Waals surface area contributed by atoms with E-state index in [2.05, 4.69) is 9.97 Å². The van der Waals surface area contributed by atoms with Gasteiger partial charge in [0.25, 0.3) is 0 Å². The van der Waals surface area contributed by atoms with Crippen molar-refractivity contribution in [1.82, 2.24) is 9.97 Å². The largest absolute Gasteiger partial charge is 0.366 e. The highest BCUT2D eigenvalue weighted by Crippen LogP contribution is 2.25. The summed E-state index contributed by atoms with van der Waals surface area (Å²) in [6, 6.07) is 3.94. The lowest BCUT2D eigenvalue weighted by Crippen LogP contribution is -2.47. The van der Waals surface area contributed by atoms with Crippen LogP contribution in [0.4, 0.5) is 24.8 Å². The van der Waals surface area contributed by atoms with Crippen molar-refractivity contribution < 1.29 is 13.2 Å². The first-order valence-electron chi connectivity index (χ1n) is 6.57. The number of halogens is 3. The Bertz CT molecular complexity index is 628. The maximum atomic E-state index is 13.8. The molecule has 0 saturated carbocycles. The second-order valence-corrected chi connectivity index (χ2v) is 4.72. The molecular formula is C14H13F3N4. The van der Waals surface area contributed by atoms with Crippen molar-refractivity contribution >= 4 is 11.6 Å². The van der Waals surface area contributed by atoms with Crippen LogP contribution < -0.4 is 9.80 Å². The molecule has 4 nitrogen and oxygen atoms in total. The number of hydrogen-bond donors (Lipinski definition) is 0. The summed E-state index contributed by atoms with van der Waals surface area (Å²) in [5.41, 5.74) is 0.0857. The van der Waals surface area contributed by atoms with Gasteiger partial charge in [-0.1, -0.05) is 0 Å². The van der Waals surface area contributed by atoms with Crippen LogP contribution in [0.15, 0.2) is 30.6 Å². The minimum atomic E-state index is -1.43. The van der Waals surface area contributed by atoms with Gasteiger partial charge in [0.15, 0.2) is 17.5 Å². The second-order valence-electron chi connectivity index (χ2n) is 4.72. The van der Waals surface area contributed by atoms with Crippen molar-refractivity contribution in [3.8, 4) is 0 Å². The Morgan fingerprint density at radius 3 is 2.10 bits per heavy atom. The normalized spacial score (nSPS) is 15.4. The number of hydrogen-bond acceptors (Lipinski definition) is 4. The van der Waals surface area contributed by atoms with Crippen molar-refractivity contribution in [3.63, 3.8) is 0 Å².